The van der Waals surface area contributed by atoms with E-state index in [1.54, 1.807) is 6.07 Å². The van der Waals surface area contributed by atoms with Gasteiger partial charge in [0.05, 0.1) is 25.0 Å². The molecule has 158 valence electrons. The van der Waals surface area contributed by atoms with Crippen LogP contribution in [0.25, 0.3) is 0 Å². The Bertz CT molecular complexity index is 1130. The summed E-state index contributed by atoms with van der Waals surface area (Å²) in [6.45, 7) is 0.467. The Labute approximate surface area is 174 Å². The second kappa shape index (κ2) is 7.73. The minimum absolute atomic E-state index is 0.123. The van der Waals surface area contributed by atoms with Crippen LogP contribution in [0.15, 0.2) is 41.3 Å². The first kappa shape index (κ1) is 20.4. The topological polar surface area (TPSA) is 102 Å². The first-order chi connectivity index (χ1) is 14.3. The predicted molar refractivity (Wildman–Crippen MR) is 108 cm³/mol. The minimum Gasteiger partial charge on any atom is -0.493 e. The highest BCUT2D eigenvalue weighted by Crippen LogP contribution is 2.35. The molecule has 1 saturated heterocycles. The highest BCUT2D eigenvalue weighted by atomic mass is 32.2. The van der Waals surface area contributed by atoms with Crippen LogP contribution in [0.1, 0.15) is 35.4 Å². The van der Waals surface area contributed by atoms with Gasteiger partial charge in [0.25, 0.3) is 0 Å². The van der Waals surface area contributed by atoms with Gasteiger partial charge in [0.15, 0.2) is 11.5 Å². The molecule has 2 heterocycles. The maximum absolute atomic E-state index is 13.2. The summed E-state index contributed by atoms with van der Waals surface area (Å²) in [7, 11) is -0.802. The molecule has 0 spiro atoms. The number of nitrogens with one attached hydrogen (secondary N) is 1. The van der Waals surface area contributed by atoms with Crippen molar-refractivity contribution in [2.24, 2.45) is 0 Å². The summed E-state index contributed by atoms with van der Waals surface area (Å²) < 4.78 is 38.1. The van der Waals surface area contributed by atoms with E-state index in [2.05, 4.69) is 5.32 Å². The lowest BCUT2D eigenvalue weighted by atomic mass is 9.89. The lowest BCUT2D eigenvalue weighted by Gasteiger charge is -2.21. The lowest BCUT2D eigenvalue weighted by Crippen LogP contribution is -2.39. The molecule has 0 aliphatic carbocycles. The van der Waals surface area contributed by atoms with Crippen LogP contribution in [0, 0.1) is 0 Å². The summed E-state index contributed by atoms with van der Waals surface area (Å²) in [5.74, 6) is -0.168. The average molecular weight is 430 g/mol. The summed E-state index contributed by atoms with van der Waals surface area (Å²) in [5, 5.41) is 2.36. The molecule has 0 aromatic heterocycles. The molecule has 8 nitrogen and oxygen atoms in total. The number of benzene rings is 2. The number of rotatable bonds is 5. The van der Waals surface area contributed by atoms with Crippen molar-refractivity contribution in [2.75, 3.05) is 14.2 Å². The standard InChI is InChI=1S/C21H22N2O6S/c1-28-18-7-5-16(10-19(18)29-2)30(26,27)23-11-14-4-3-13(9-15(14)12-23)17-6-8-20(24)22-21(17)25/h3-5,7,9-10,17H,6,8,11-12H2,1-2H3,(H,22,24,25). The van der Waals surface area contributed by atoms with Crippen LogP contribution in [0.4, 0.5) is 0 Å². The zero-order valence-corrected chi connectivity index (χ0v) is 17.5. The molecule has 0 radical (unpaired) electrons. The van der Waals surface area contributed by atoms with E-state index in [0.717, 1.165) is 16.7 Å². The Kier molecular flexibility index (Phi) is 5.25. The molecule has 1 fully saturated rings. The van der Waals surface area contributed by atoms with Crippen LogP contribution >= 0.6 is 0 Å². The normalized spacial score (nSPS) is 19.3. The Morgan fingerprint density at radius 2 is 1.70 bits per heavy atom. The molecule has 1 atom stereocenters. The molecule has 4 rings (SSSR count). The van der Waals surface area contributed by atoms with Gasteiger partial charge in [0, 0.05) is 25.6 Å². The molecule has 0 saturated carbocycles. The number of carbonyl (C=O) groups excluding carboxylic acids is 2. The number of amides is 2. The third kappa shape index (κ3) is 3.54. The summed E-state index contributed by atoms with van der Waals surface area (Å²) in [6, 6.07) is 10.1. The van der Waals surface area contributed by atoms with Crippen molar-refractivity contribution in [1.29, 1.82) is 0 Å². The Morgan fingerprint density at radius 1 is 0.967 bits per heavy atom. The van der Waals surface area contributed by atoms with E-state index in [9.17, 15) is 18.0 Å². The van der Waals surface area contributed by atoms with Gasteiger partial charge in [-0.05, 0) is 35.2 Å². The number of carbonyl (C=O) groups is 2. The van der Waals surface area contributed by atoms with Crippen LogP contribution in [-0.2, 0) is 32.7 Å². The molecule has 0 bridgehead atoms. The third-order valence-electron chi connectivity index (χ3n) is 5.56. The molecule has 2 amide bonds. The molecule has 9 heteroatoms. The van der Waals surface area contributed by atoms with Gasteiger partial charge in [-0.15, -0.1) is 0 Å². The quantitative estimate of drug-likeness (QED) is 0.728. The van der Waals surface area contributed by atoms with Crippen molar-refractivity contribution in [2.45, 2.75) is 36.7 Å². The van der Waals surface area contributed by atoms with Gasteiger partial charge in [-0.25, -0.2) is 8.42 Å². The molecular weight excluding hydrogens is 408 g/mol. The fourth-order valence-corrected chi connectivity index (χ4v) is 5.32. The number of hydrogen-bond acceptors (Lipinski definition) is 6. The molecule has 1 unspecified atom stereocenters. The number of piperidine rings is 1. The van der Waals surface area contributed by atoms with Crippen molar-refractivity contribution in [3.8, 4) is 11.5 Å². The van der Waals surface area contributed by atoms with E-state index in [1.807, 2.05) is 18.2 Å². The fourth-order valence-electron chi connectivity index (χ4n) is 3.91. The van der Waals surface area contributed by atoms with Crippen molar-refractivity contribution < 1.29 is 27.5 Å². The van der Waals surface area contributed by atoms with E-state index in [4.69, 9.17) is 9.47 Å². The van der Waals surface area contributed by atoms with Crippen molar-refractivity contribution in [3.05, 3.63) is 53.1 Å². The van der Waals surface area contributed by atoms with Gasteiger partial charge < -0.3 is 9.47 Å². The highest BCUT2D eigenvalue weighted by molar-refractivity contribution is 7.89. The van der Waals surface area contributed by atoms with Gasteiger partial charge in [0.1, 0.15) is 0 Å². The highest BCUT2D eigenvalue weighted by Gasteiger charge is 2.33. The van der Waals surface area contributed by atoms with Crippen LogP contribution in [-0.4, -0.2) is 38.8 Å². The molecule has 2 aliphatic heterocycles. The van der Waals surface area contributed by atoms with E-state index < -0.39 is 15.9 Å². The monoisotopic (exact) mass is 430 g/mol. The number of methoxy groups -OCH3 is 2. The maximum Gasteiger partial charge on any atom is 0.243 e. The SMILES string of the molecule is COc1ccc(S(=O)(=O)N2Cc3ccc(C4CCC(=O)NC4=O)cc3C2)cc1OC. The number of sulfonamides is 1. The maximum atomic E-state index is 13.2. The zero-order chi connectivity index (χ0) is 21.5. The van der Waals surface area contributed by atoms with Gasteiger partial charge in [0.2, 0.25) is 21.8 Å². The van der Waals surface area contributed by atoms with E-state index in [1.165, 1.54) is 30.7 Å². The average Bonchev–Trinajstić information content (AvgIpc) is 3.17. The number of nitrogens with zero attached hydrogens (tertiary/aromatic N) is 1. The summed E-state index contributed by atoms with van der Waals surface area (Å²) >= 11 is 0. The molecule has 2 aromatic rings. The Hall–Kier alpha value is -2.91. The lowest BCUT2D eigenvalue weighted by molar-refractivity contribution is -0.134. The first-order valence-corrected chi connectivity index (χ1v) is 10.9. The minimum atomic E-state index is -3.75. The molecule has 30 heavy (non-hydrogen) atoms. The number of ether oxygens (including phenoxy) is 2. The predicted octanol–water partition coefficient (Wildman–Crippen LogP) is 1.93. The summed E-state index contributed by atoms with van der Waals surface area (Å²) in [5.41, 5.74) is 2.56. The van der Waals surface area contributed by atoms with Crippen LogP contribution in [0.3, 0.4) is 0 Å². The van der Waals surface area contributed by atoms with Crippen molar-refractivity contribution in [3.63, 3.8) is 0 Å². The first-order valence-electron chi connectivity index (χ1n) is 9.51. The van der Waals surface area contributed by atoms with E-state index in [-0.39, 0.29) is 29.8 Å². The number of fused-ring (bicyclic) bond motifs is 1. The van der Waals surface area contributed by atoms with E-state index >= 15 is 0 Å². The van der Waals surface area contributed by atoms with Gasteiger partial charge >= 0.3 is 0 Å². The van der Waals surface area contributed by atoms with Gasteiger partial charge in [-0.2, -0.15) is 4.31 Å². The summed E-state index contributed by atoms with van der Waals surface area (Å²) in [4.78, 5) is 23.7. The van der Waals surface area contributed by atoms with Crippen LogP contribution in [0.2, 0.25) is 0 Å². The number of hydrogen-bond donors (Lipinski definition) is 1. The smallest absolute Gasteiger partial charge is 0.243 e. The third-order valence-corrected chi connectivity index (χ3v) is 7.35. The summed E-state index contributed by atoms with van der Waals surface area (Å²) in [6.07, 6.45) is 0.754. The number of imide groups is 1. The van der Waals surface area contributed by atoms with Gasteiger partial charge in [-0.1, -0.05) is 18.2 Å². The van der Waals surface area contributed by atoms with Gasteiger partial charge in [-0.3, -0.25) is 14.9 Å². The Morgan fingerprint density at radius 3 is 2.40 bits per heavy atom. The zero-order valence-electron chi connectivity index (χ0n) is 16.7. The molecule has 1 N–H and O–H groups in total. The van der Waals surface area contributed by atoms with E-state index in [0.29, 0.717) is 24.3 Å². The molecule has 2 aromatic carbocycles. The largest absolute Gasteiger partial charge is 0.493 e. The van der Waals surface area contributed by atoms with Crippen molar-refractivity contribution in [1.82, 2.24) is 9.62 Å². The van der Waals surface area contributed by atoms with Crippen LogP contribution < -0.4 is 14.8 Å². The second-order valence-corrected chi connectivity index (χ2v) is 9.26. The van der Waals surface area contributed by atoms with Crippen LogP contribution in [0.5, 0.6) is 11.5 Å². The molecule has 2 aliphatic rings. The van der Waals surface area contributed by atoms with Crippen molar-refractivity contribution >= 4 is 21.8 Å². The second-order valence-electron chi connectivity index (χ2n) is 7.32. The fraction of sp³-hybridized carbons (Fsp3) is 0.333. The Balaban J connectivity index is 1.58. The molecular formula is C21H22N2O6S.